The van der Waals surface area contributed by atoms with Crippen LogP contribution in [-0.4, -0.2) is 32.6 Å². The van der Waals surface area contributed by atoms with E-state index in [1.807, 2.05) is 0 Å². The molecule has 1 aromatic heterocycles. The number of hydrogen-bond donors (Lipinski definition) is 2. The number of hydrogen-bond acceptors (Lipinski definition) is 6. The molecule has 6 nitrogen and oxygen atoms in total. The van der Waals surface area contributed by atoms with E-state index < -0.39 is 0 Å². The van der Waals surface area contributed by atoms with Gasteiger partial charge in [-0.1, -0.05) is 24.3 Å². The minimum atomic E-state index is 0.134. The van der Waals surface area contributed by atoms with Gasteiger partial charge in [-0.25, -0.2) is 15.0 Å². The quantitative estimate of drug-likeness (QED) is 0.721. The maximum Gasteiger partial charge on any atom is 0.181 e. The van der Waals surface area contributed by atoms with Crippen molar-refractivity contribution < 1.29 is 10.2 Å². The normalized spacial score (nSPS) is 11.3. The van der Waals surface area contributed by atoms with E-state index in [2.05, 4.69) is 20.0 Å². The van der Waals surface area contributed by atoms with Gasteiger partial charge in [0.25, 0.3) is 0 Å². The summed E-state index contributed by atoms with van der Waals surface area (Å²) in [7, 11) is 0. The standard InChI is InChI=1S/C18H14N4O2/c23-16-7-3-1-5-13(16)9-20-15-11-19-12-22-18(15)21-10-14-6-2-4-8-17(14)24/h1-12,23-24H. The molecule has 3 aromatic rings. The van der Waals surface area contributed by atoms with E-state index in [4.69, 9.17) is 0 Å². The summed E-state index contributed by atoms with van der Waals surface area (Å²) in [6.07, 6.45) is 5.93. The molecule has 0 fully saturated rings. The minimum absolute atomic E-state index is 0.134. The lowest BCUT2D eigenvalue weighted by Crippen LogP contribution is -1.85. The van der Waals surface area contributed by atoms with Gasteiger partial charge >= 0.3 is 0 Å². The van der Waals surface area contributed by atoms with Gasteiger partial charge in [-0.2, -0.15) is 0 Å². The molecular formula is C18H14N4O2. The Morgan fingerprint density at radius 2 is 1.38 bits per heavy atom. The summed E-state index contributed by atoms with van der Waals surface area (Å²) < 4.78 is 0. The van der Waals surface area contributed by atoms with E-state index in [0.717, 1.165) is 0 Å². The molecule has 1 heterocycles. The first-order chi connectivity index (χ1) is 11.7. The Kier molecular flexibility index (Phi) is 4.57. The van der Waals surface area contributed by atoms with Crippen LogP contribution in [0.4, 0.5) is 11.5 Å². The van der Waals surface area contributed by atoms with Gasteiger partial charge < -0.3 is 10.2 Å². The molecule has 0 bridgehead atoms. The summed E-state index contributed by atoms with van der Waals surface area (Å²) in [4.78, 5) is 16.6. The van der Waals surface area contributed by atoms with Crippen LogP contribution in [-0.2, 0) is 0 Å². The highest BCUT2D eigenvalue weighted by molar-refractivity contribution is 5.88. The average molecular weight is 318 g/mol. The molecule has 6 heteroatoms. The highest BCUT2D eigenvalue weighted by Gasteiger charge is 2.02. The molecule has 0 aliphatic carbocycles. The maximum atomic E-state index is 9.76. The van der Waals surface area contributed by atoms with Crippen molar-refractivity contribution in [1.29, 1.82) is 0 Å². The first-order valence-corrected chi connectivity index (χ1v) is 7.18. The van der Waals surface area contributed by atoms with Crippen molar-refractivity contribution >= 4 is 23.9 Å². The Balaban J connectivity index is 1.89. The van der Waals surface area contributed by atoms with Crippen molar-refractivity contribution in [3.63, 3.8) is 0 Å². The Bertz CT molecular complexity index is 832. The first-order valence-electron chi connectivity index (χ1n) is 7.18. The number of benzene rings is 2. The summed E-state index contributed by atoms with van der Waals surface area (Å²) >= 11 is 0. The van der Waals surface area contributed by atoms with Crippen LogP contribution in [0.25, 0.3) is 0 Å². The van der Waals surface area contributed by atoms with Crippen LogP contribution in [0.1, 0.15) is 11.1 Å². The van der Waals surface area contributed by atoms with Crippen LogP contribution in [0.3, 0.4) is 0 Å². The zero-order valence-corrected chi connectivity index (χ0v) is 12.6. The highest BCUT2D eigenvalue weighted by atomic mass is 16.3. The summed E-state index contributed by atoms with van der Waals surface area (Å²) in [5, 5.41) is 19.5. The van der Waals surface area contributed by atoms with Crippen molar-refractivity contribution in [2.45, 2.75) is 0 Å². The van der Waals surface area contributed by atoms with E-state index in [-0.39, 0.29) is 11.5 Å². The van der Waals surface area contributed by atoms with Crippen molar-refractivity contribution in [1.82, 2.24) is 9.97 Å². The highest BCUT2D eigenvalue weighted by Crippen LogP contribution is 2.25. The van der Waals surface area contributed by atoms with Crippen molar-refractivity contribution in [2.24, 2.45) is 9.98 Å². The van der Waals surface area contributed by atoms with Gasteiger partial charge in [-0.05, 0) is 24.3 Å². The van der Waals surface area contributed by atoms with Crippen molar-refractivity contribution in [3.8, 4) is 11.5 Å². The van der Waals surface area contributed by atoms with Crippen LogP contribution in [0.2, 0.25) is 0 Å². The summed E-state index contributed by atoms with van der Waals surface area (Å²) in [5.41, 5.74) is 1.61. The van der Waals surface area contributed by atoms with Crippen molar-refractivity contribution in [2.75, 3.05) is 0 Å². The molecule has 0 saturated heterocycles. The Morgan fingerprint density at radius 1 is 0.792 bits per heavy atom. The molecule has 0 saturated carbocycles. The Morgan fingerprint density at radius 3 is 2.00 bits per heavy atom. The molecule has 0 aliphatic heterocycles. The molecule has 0 spiro atoms. The molecule has 0 atom stereocenters. The van der Waals surface area contributed by atoms with E-state index in [0.29, 0.717) is 22.6 Å². The molecule has 118 valence electrons. The molecule has 3 rings (SSSR count). The lowest BCUT2D eigenvalue weighted by Gasteiger charge is -2.00. The molecule has 0 aliphatic rings. The molecular weight excluding hydrogens is 304 g/mol. The number of rotatable bonds is 4. The van der Waals surface area contributed by atoms with Gasteiger partial charge in [-0.15, -0.1) is 0 Å². The number of para-hydroxylation sites is 2. The van der Waals surface area contributed by atoms with E-state index in [1.54, 1.807) is 48.5 Å². The Hall–Kier alpha value is -3.54. The molecule has 2 N–H and O–H groups in total. The van der Waals surface area contributed by atoms with Gasteiger partial charge in [0.15, 0.2) is 5.82 Å². The largest absolute Gasteiger partial charge is 0.507 e. The first kappa shape index (κ1) is 15.4. The smallest absolute Gasteiger partial charge is 0.181 e. The lowest BCUT2D eigenvalue weighted by molar-refractivity contribution is 0.474. The number of aliphatic imine (C=N–C) groups is 2. The summed E-state index contributed by atoms with van der Waals surface area (Å²) in [6, 6.07) is 13.7. The second kappa shape index (κ2) is 7.15. The SMILES string of the molecule is Oc1ccccc1C=Nc1cncnc1N=Cc1ccccc1O. The van der Waals surface area contributed by atoms with Crippen molar-refractivity contribution in [3.05, 3.63) is 72.2 Å². The zero-order valence-electron chi connectivity index (χ0n) is 12.6. The fraction of sp³-hybridized carbons (Fsp3) is 0. The van der Waals surface area contributed by atoms with Gasteiger partial charge in [0.1, 0.15) is 23.5 Å². The summed E-state index contributed by atoms with van der Waals surface area (Å²) in [5.74, 6) is 0.631. The molecule has 0 unspecified atom stereocenters. The average Bonchev–Trinajstić information content (AvgIpc) is 2.61. The Labute approximate surface area is 138 Å². The maximum absolute atomic E-state index is 9.76. The number of phenolic OH excluding ortho intramolecular Hbond substituents is 2. The predicted octanol–water partition coefficient (Wildman–Crippen LogP) is 3.39. The van der Waals surface area contributed by atoms with Gasteiger partial charge in [-0.3, -0.25) is 4.99 Å². The predicted molar refractivity (Wildman–Crippen MR) is 92.8 cm³/mol. The number of nitrogens with zero attached hydrogens (tertiary/aromatic N) is 4. The second-order valence-electron chi connectivity index (χ2n) is 4.87. The van der Waals surface area contributed by atoms with Gasteiger partial charge in [0.2, 0.25) is 0 Å². The molecule has 0 radical (unpaired) electrons. The third-order valence-corrected chi connectivity index (χ3v) is 3.21. The van der Waals surface area contributed by atoms with Gasteiger partial charge in [0, 0.05) is 23.6 Å². The van der Waals surface area contributed by atoms with E-state index in [9.17, 15) is 10.2 Å². The number of aromatic nitrogens is 2. The third-order valence-electron chi connectivity index (χ3n) is 3.21. The van der Waals surface area contributed by atoms with E-state index in [1.165, 1.54) is 25.0 Å². The molecule has 24 heavy (non-hydrogen) atoms. The fourth-order valence-corrected chi connectivity index (χ4v) is 1.97. The zero-order chi connectivity index (χ0) is 16.8. The fourth-order valence-electron chi connectivity index (χ4n) is 1.97. The lowest BCUT2D eigenvalue weighted by atomic mass is 10.2. The molecule has 0 amide bonds. The second-order valence-corrected chi connectivity index (χ2v) is 4.87. The number of aromatic hydroxyl groups is 2. The van der Waals surface area contributed by atoms with E-state index >= 15 is 0 Å². The molecule has 2 aromatic carbocycles. The van der Waals surface area contributed by atoms with Gasteiger partial charge in [0.05, 0.1) is 6.20 Å². The van der Waals surface area contributed by atoms with Crippen LogP contribution < -0.4 is 0 Å². The van der Waals surface area contributed by atoms with Crippen LogP contribution >= 0.6 is 0 Å². The van der Waals surface area contributed by atoms with Crippen LogP contribution in [0.15, 0.2) is 71.0 Å². The third kappa shape index (κ3) is 3.61. The minimum Gasteiger partial charge on any atom is -0.507 e. The topological polar surface area (TPSA) is 91.0 Å². The monoisotopic (exact) mass is 318 g/mol. The summed E-state index contributed by atoms with van der Waals surface area (Å²) in [6.45, 7) is 0. The number of phenols is 2. The van der Waals surface area contributed by atoms with Crippen LogP contribution in [0, 0.1) is 0 Å². The van der Waals surface area contributed by atoms with Crippen LogP contribution in [0.5, 0.6) is 11.5 Å².